The summed E-state index contributed by atoms with van der Waals surface area (Å²) < 4.78 is 0. The lowest BCUT2D eigenvalue weighted by Crippen LogP contribution is -2.52. The van der Waals surface area contributed by atoms with Gasteiger partial charge in [-0.1, -0.05) is 0 Å². The van der Waals surface area contributed by atoms with Gasteiger partial charge in [-0.2, -0.15) is 20.1 Å². The van der Waals surface area contributed by atoms with Gasteiger partial charge >= 0.3 is 0 Å². The fourth-order valence-corrected chi connectivity index (χ4v) is 4.04. The highest BCUT2D eigenvalue weighted by atomic mass is 16.6. The van der Waals surface area contributed by atoms with Crippen molar-refractivity contribution in [3.8, 4) is 0 Å². The molecule has 3 aromatic heterocycles. The molecule has 0 bridgehead atoms. The second-order valence-corrected chi connectivity index (χ2v) is 8.18. The second-order valence-electron chi connectivity index (χ2n) is 8.18. The predicted molar refractivity (Wildman–Crippen MR) is 120 cm³/mol. The molecule has 172 valence electrons. The Bertz CT molecular complexity index is 1110. The number of aromatic nitrogens is 7. The highest BCUT2D eigenvalue weighted by Crippen LogP contribution is 2.38. The Labute approximate surface area is 190 Å². The van der Waals surface area contributed by atoms with E-state index in [2.05, 4.69) is 40.9 Å². The predicted octanol–water partition coefficient (Wildman–Crippen LogP) is 1.66. The van der Waals surface area contributed by atoms with Gasteiger partial charge in [-0.25, -0.2) is 10.5 Å². The van der Waals surface area contributed by atoms with Gasteiger partial charge in [0.05, 0.1) is 19.5 Å². The largest absolute Gasteiger partial charge is 0.326 e. The van der Waals surface area contributed by atoms with Crippen molar-refractivity contribution >= 4 is 35.4 Å². The summed E-state index contributed by atoms with van der Waals surface area (Å²) in [6.45, 7) is 2.50. The van der Waals surface area contributed by atoms with E-state index in [9.17, 15) is 4.79 Å². The zero-order chi connectivity index (χ0) is 22.8. The number of hydrogen-bond donors (Lipinski definition) is 3. The van der Waals surface area contributed by atoms with Gasteiger partial charge in [0.15, 0.2) is 5.82 Å². The molecule has 1 aliphatic carbocycles. The van der Waals surface area contributed by atoms with Crippen LogP contribution in [0, 0.1) is 0 Å². The number of hydrogen-bond acceptors (Lipinski definition) is 11. The smallest absolute Gasteiger partial charge is 0.253 e. The molecule has 2 fully saturated rings. The Balaban J connectivity index is 1.50. The SMILES string of the molecule is CONc1nc(N(c2ccn[nH]2)C2CC2)nc(N2CCCC2(C)C(=O)Nc2cnccn2)n1. The lowest BCUT2D eigenvalue weighted by atomic mass is 9.98. The molecule has 3 aromatic rings. The molecule has 3 N–H and O–H groups in total. The summed E-state index contributed by atoms with van der Waals surface area (Å²) in [4.78, 5) is 44.3. The molecule has 0 aromatic carbocycles. The first kappa shape index (κ1) is 21.0. The number of carbonyl (C=O) groups excluding carboxylic acids is 1. The number of aromatic amines is 1. The molecule has 2 aliphatic rings. The molecule has 1 amide bonds. The van der Waals surface area contributed by atoms with Crippen LogP contribution in [0.4, 0.5) is 29.5 Å². The van der Waals surface area contributed by atoms with Crippen LogP contribution in [0.2, 0.25) is 0 Å². The summed E-state index contributed by atoms with van der Waals surface area (Å²) in [5.41, 5.74) is 1.83. The van der Waals surface area contributed by atoms with Crippen molar-refractivity contribution in [2.24, 2.45) is 0 Å². The van der Waals surface area contributed by atoms with Crippen LogP contribution in [0.5, 0.6) is 0 Å². The van der Waals surface area contributed by atoms with Crippen molar-refractivity contribution < 1.29 is 9.63 Å². The molecule has 13 heteroatoms. The van der Waals surface area contributed by atoms with E-state index >= 15 is 0 Å². The molecule has 1 unspecified atom stereocenters. The Morgan fingerprint density at radius 2 is 2.15 bits per heavy atom. The van der Waals surface area contributed by atoms with Gasteiger partial charge in [0, 0.05) is 31.0 Å². The van der Waals surface area contributed by atoms with Crippen molar-refractivity contribution in [2.45, 2.75) is 44.2 Å². The van der Waals surface area contributed by atoms with Crippen LogP contribution in [-0.4, -0.2) is 66.3 Å². The van der Waals surface area contributed by atoms with Gasteiger partial charge in [-0.05, 0) is 32.6 Å². The first-order valence-electron chi connectivity index (χ1n) is 10.8. The molecule has 1 aliphatic heterocycles. The Morgan fingerprint density at radius 3 is 2.85 bits per heavy atom. The summed E-state index contributed by atoms with van der Waals surface area (Å²) in [6, 6.07) is 2.14. The van der Waals surface area contributed by atoms with Crippen LogP contribution in [0.15, 0.2) is 30.9 Å². The molecule has 13 nitrogen and oxygen atoms in total. The molecule has 4 heterocycles. The molecule has 0 spiro atoms. The van der Waals surface area contributed by atoms with Crippen molar-refractivity contribution in [3.63, 3.8) is 0 Å². The highest BCUT2D eigenvalue weighted by molar-refractivity contribution is 5.99. The lowest BCUT2D eigenvalue weighted by Gasteiger charge is -2.34. The van der Waals surface area contributed by atoms with Crippen LogP contribution in [0.1, 0.15) is 32.6 Å². The summed E-state index contributed by atoms with van der Waals surface area (Å²) in [6.07, 6.45) is 9.79. The van der Waals surface area contributed by atoms with Crippen molar-refractivity contribution in [1.29, 1.82) is 0 Å². The number of amides is 1. The van der Waals surface area contributed by atoms with Crippen molar-refractivity contribution in [1.82, 2.24) is 35.1 Å². The molecular formula is C20H25N11O2. The maximum atomic E-state index is 13.3. The van der Waals surface area contributed by atoms with Crippen LogP contribution in [-0.2, 0) is 9.63 Å². The van der Waals surface area contributed by atoms with Crippen LogP contribution < -0.4 is 20.6 Å². The van der Waals surface area contributed by atoms with Crippen molar-refractivity contribution in [3.05, 3.63) is 30.9 Å². The highest BCUT2D eigenvalue weighted by Gasteiger charge is 2.45. The number of anilines is 5. The maximum absolute atomic E-state index is 13.3. The average molecular weight is 451 g/mol. The third-order valence-corrected chi connectivity index (χ3v) is 5.85. The normalized spacial score (nSPS) is 20.0. The van der Waals surface area contributed by atoms with Crippen LogP contribution in [0.3, 0.4) is 0 Å². The van der Waals surface area contributed by atoms with Crippen molar-refractivity contribution in [2.75, 3.05) is 34.3 Å². The van der Waals surface area contributed by atoms with Crippen LogP contribution >= 0.6 is 0 Å². The minimum Gasteiger partial charge on any atom is -0.326 e. The van der Waals surface area contributed by atoms with E-state index in [1.165, 1.54) is 19.5 Å². The second kappa shape index (κ2) is 8.58. The van der Waals surface area contributed by atoms with E-state index in [1.54, 1.807) is 12.4 Å². The molecule has 0 radical (unpaired) electrons. The molecule has 1 saturated heterocycles. The maximum Gasteiger partial charge on any atom is 0.253 e. The first-order chi connectivity index (χ1) is 16.1. The zero-order valence-electron chi connectivity index (χ0n) is 18.4. The third-order valence-electron chi connectivity index (χ3n) is 5.85. The molecule has 33 heavy (non-hydrogen) atoms. The topological polar surface area (TPSA) is 150 Å². The quantitative estimate of drug-likeness (QED) is 0.429. The molecule has 1 atom stereocenters. The van der Waals surface area contributed by atoms with Crippen LogP contribution in [0.25, 0.3) is 0 Å². The summed E-state index contributed by atoms with van der Waals surface area (Å²) in [7, 11) is 1.49. The standard InChI is InChI=1S/C20H25N11O2/c1-20(16(32)24-14-12-21-9-10-22-14)7-3-11-30(20)18-25-17(29-33-2)26-19(27-18)31(13-4-5-13)15-6-8-23-28-15/h6,8-10,12-13H,3-5,7,11H2,1-2H3,(H,23,28)(H,22,24,32)(H,25,26,27,29). The van der Waals surface area contributed by atoms with E-state index < -0.39 is 5.54 Å². The Morgan fingerprint density at radius 1 is 1.27 bits per heavy atom. The summed E-state index contributed by atoms with van der Waals surface area (Å²) >= 11 is 0. The van der Waals surface area contributed by atoms with E-state index in [4.69, 9.17) is 9.82 Å². The first-order valence-corrected chi connectivity index (χ1v) is 10.8. The minimum absolute atomic E-state index is 0.198. The monoisotopic (exact) mass is 451 g/mol. The van der Waals surface area contributed by atoms with E-state index in [-0.39, 0.29) is 17.9 Å². The lowest BCUT2D eigenvalue weighted by molar-refractivity contribution is -0.120. The summed E-state index contributed by atoms with van der Waals surface area (Å²) in [5.74, 6) is 2.09. The molecular weight excluding hydrogens is 426 g/mol. The van der Waals surface area contributed by atoms with Gasteiger partial charge < -0.3 is 10.2 Å². The fourth-order valence-electron chi connectivity index (χ4n) is 4.04. The van der Waals surface area contributed by atoms with Gasteiger partial charge in [0.2, 0.25) is 11.9 Å². The van der Waals surface area contributed by atoms with Gasteiger partial charge in [0.25, 0.3) is 11.9 Å². The van der Waals surface area contributed by atoms with E-state index in [0.29, 0.717) is 30.7 Å². The number of nitrogens with one attached hydrogen (secondary N) is 3. The Hall–Kier alpha value is -3.87. The van der Waals surface area contributed by atoms with Gasteiger partial charge in [-0.3, -0.25) is 24.6 Å². The van der Waals surface area contributed by atoms with Gasteiger partial charge in [0.1, 0.15) is 11.4 Å². The fraction of sp³-hybridized carbons (Fsp3) is 0.450. The van der Waals surface area contributed by atoms with E-state index in [1.807, 2.05) is 22.8 Å². The zero-order valence-corrected chi connectivity index (χ0v) is 18.4. The number of carbonyl (C=O) groups is 1. The summed E-state index contributed by atoms with van der Waals surface area (Å²) in [5, 5.41) is 9.93. The molecule has 5 rings (SSSR count). The minimum atomic E-state index is -0.876. The third kappa shape index (κ3) is 4.14. The number of nitrogens with zero attached hydrogens (tertiary/aromatic N) is 8. The van der Waals surface area contributed by atoms with E-state index in [0.717, 1.165) is 25.1 Å². The van der Waals surface area contributed by atoms with Gasteiger partial charge in [-0.15, -0.1) is 0 Å². The number of rotatable bonds is 8. The number of H-pyrrole nitrogens is 1. The average Bonchev–Trinajstić information content (AvgIpc) is 3.33. The Kier molecular flexibility index (Phi) is 5.46. The molecule has 1 saturated carbocycles.